The molecule has 3 heterocycles. The van der Waals surface area contributed by atoms with Crippen molar-refractivity contribution in [1.29, 1.82) is 5.26 Å². The molecule has 2 aliphatic heterocycles. The average Bonchev–Trinajstić information content (AvgIpc) is 2.60. The van der Waals surface area contributed by atoms with Crippen LogP contribution in [0.2, 0.25) is 0 Å². The van der Waals surface area contributed by atoms with E-state index in [1.165, 1.54) is 12.1 Å². The van der Waals surface area contributed by atoms with Crippen molar-refractivity contribution in [3.05, 3.63) is 34.2 Å². The van der Waals surface area contributed by atoms with Gasteiger partial charge in [-0.15, -0.1) is 0 Å². The lowest BCUT2D eigenvalue weighted by molar-refractivity contribution is 0.0738. The van der Waals surface area contributed by atoms with Crippen LogP contribution in [0.4, 0.5) is 0 Å². The van der Waals surface area contributed by atoms with Crippen LogP contribution in [-0.4, -0.2) is 41.8 Å². The molecule has 3 unspecified atom stereocenters. The molecule has 5 heteroatoms. The maximum absolute atomic E-state index is 12.0. The first-order chi connectivity index (χ1) is 12.2. The zero-order valence-electron chi connectivity index (χ0n) is 14.8. The number of hydrogen-bond acceptors (Lipinski definition) is 4. The van der Waals surface area contributed by atoms with Crippen LogP contribution in [0.25, 0.3) is 0 Å². The van der Waals surface area contributed by atoms with E-state index >= 15 is 0 Å². The molecule has 0 amide bonds. The smallest absolute Gasteiger partial charge is 0.250 e. The van der Waals surface area contributed by atoms with Crippen LogP contribution in [0.1, 0.15) is 37.8 Å². The molecule has 3 rings (SSSR count). The van der Waals surface area contributed by atoms with Crippen molar-refractivity contribution in [2.45, 2.75) is 44.8 Å². The lowest BCUT2D eigenvalue weighted by Gasteiger charge is -2.42. The van der Waals surface area contributed by atoms with Gasteiger partial charge < -0.3 is 9.30 Å². The molecule has 0 radical (unpaired) electrons. The lowest BCUT2D eigenvalue weighted by atomic mass is 9.83. The number of nitriles is 1. The van der Waals surface area contributed by atoms with E-state index in [1.54, 1.807) is 6.07 Å². The molecule has 0 aromatic carbocycles. The van der Waals surface area contributed by atoms with E-state index in [-0.39, 0.29) is 11.7 Å². The number of ether oxygens (including phenoxy) is 1. The molecule has 0 saturated carbocycles. The molecule has 3 atom stereocenters. The van der Waals surface area contributed by atoms with Crippen LogP contribution >= 0.6 is 0 Å². The summed E-state index contributed by atoms with van der Waals surface area (Å²) in [5, 5.41) is 8.50. The monoisotopic (exact) mass is 339 g/mol. The molecule has 2 bridgehead atoms. The maximum Gasteiger partial charge on any atom is 0.250 e. The van der Waals surface area contributed by atoms with Crippen LogP contribution in [0.15, 0.2) is 23.0 Å². The maximum atomic E-state index is 12.0. The third-order valence-electron chi connectivity index (χ3n) is 4.99. The number of piperidine rings is 1. The Hall–Kier alpha value is -2.08. The molecule has 0 aliphatic carbocycles. The van der Waals surface area contributed by atoms with Gasteiger partial charge >= 0.3 is 0 Å². The summed E-state index contributed by atoms with van der Waals surface area (Å²) < 4.78 is 7.47. The fourth-order valence-electron chi connectivity index (χ4n) is 3.87. The summed E-state index contributed by atoms with van der Waals surface area (Å²) in [6, 6.07) is 7.71. The molecule has 2 aliphatic rings. The quantitative estimate of drug-likeness (QED) is 0.608. The molecule has 5 nitrogen and oxygen atoms in total. The van der Waals surface area contributed by atoms with Gasteiger partial charge in [0.1, 0.15) is 0 Å². The first-order valence-corrected chi connectivity index (χ1v) is 9.03. The van der Waals surface area contributed by atoms with Crippen molar-refractivity contribution in [3.8, 4) is 17.9 Å². The number of likely N-dealkylation sites (tertiary alicyclic amines) is 1. The largest absolute Gasteiger partial charge is 0.376 e. The number of hydrogen-bond donors (Lipinski definition) is 0. The molecule has 1 fully saturated rings. The Labute approximate surface area is 149 Å². The summed E-state index contributed by atoms with van der Waals surface area (Å²) in [6.07, 6.45) is 2.38. The van der Waals surface area contributed by atoms with E-state index in [9.17, 15) is 4.79 Å². The van der Waals surface area contributed by atoms with Gasteiger partial charge in [-0.25, -0.2) is 0 Å². The normalized spacial score (nSPS) is 23.0. The SMILES string of the molecule is CC(CC#CCN1CC2CC(C1)c1cccc(=O)n1C2)OCCC#N. The highest BCUT2D eigenvalue weighted by Crippen LogP contribution is 2.34. The van der Waals surface area contributed by atoms with Gasteiger partial charge in [0.15, 0.2) is 0 Å². The standard InChI is InChI=1S/C20H25N3O2/c1-16(25-11-5-9-21)6-2-3-10-22-13-17-12-18(15-22)19-7-4-8-20(24)23(19)14-17/h4,7-8,16-18H,5-6,10-15H2,1H3. The fourth-order valence-corrected chi connectivity index (χ4v) is 3.87. The Morgan fingerprint density at radius 2 is 2.20 bits per heavy atom. The first kappa shape index (κ1) is 17.7. The summed E-state index contributed by atoms with van der Waals surface area (Å²) in [7, 11) is 0. The Morgan fingerprint density at radius 1 is 1.32 bits per heavy atom. The van der Waals surface area contributed by atoms with E-state index in [0.717, 1.165) is 26.2 Å². The Morgan fingerprint density at radius 3 is 3.04 bits per heavy atom. The van der Waals surface area contributed by atoms with Gasteiger partial charge in [0, 0.05) is 43.7 Å². The highest BCUT2D eigenvalue weighted by Gasteiger charge is 2.33. The summed E-state index contributed by atoms with van der Waals surface area (Å²) in [5.74, 6) is 7.45. The minimum Gasteiger partial charge on any atom is -0.376 e. The number of rotatable bonds is 5. The summed E-state index contributed by atoms with van der Waals surface area (Å²) in [6.45, 7) is 6.07. The van der Waals surface area contributed by atoms with Crippen molar-refractivity contribution >= 4 is 0 Å². The topological polar surface area (TPSA) is 58.3 Å². The number of nitrogens with zero attached hydrogens (tertiary/aromatic N) is 3. The summed E-state index contributed by atoms with van der Waals surface area (Å²) in [4.78, 5) is 14.5. The van der Waals surface area contributed by atoms with Gasteiger partial charge in [-0.3, -0.25) is 9.69 Å². The fraction of sp³-hybridized carbons (Fsp3) is 0.600. The molecule has 132 valence electrons. The highest BCUT2D eigenvalue weighted by molar-refractivity contribution is 5.17. The third-order valence-corrected chi connectivity index (χ3v) is 4.99. The van der Waals surface area contributed by atoms with Crippen molar-refractivity contribution in [2.75, 3.05) is 26.2 Å². The predicted molar refractivity (Wildman–Crippen MR) is 96.0 cm³/mol. The van der Waals surface area contributed by atoms with E-state index in [2.05, 4.69) is 28.9 Å². The molecule has 0 N–H and O–H groups in total. The Balaban J connectivity index is 1.51. The molecular weight excluding hydrogens is 314 g/mol. The Kier molecular flexibility index (Phi) is 5.91. The highest BCUT2D eigenvalue weighted by atomic mass is 16.5. The minimum atomic E-state index is 0.0698. The van der Waals surface area contributed by atoms with E-state index in [1.807, 2.05) is 17.6 Å². The van der Waals surface area contributed by atoms with Crippen LogP contribution in [0.3, 0.4) is 0 Å². The van der Waals surface area contributed by atoms with Crippen molar-refractivity contribution in [1.82, 2.24) is 9.47 Å². The van der Waals surface area contributed by atoms with Crippen molar-refractivity contribution in [3.63, 3.8) is 0 Å². The van der Waals surface area contributed by atoms with Crippen molar-refractivity contribution in [2.24, 2.45) is 5.92 Å². The molecule has 1 aromatic rings. The van der Waals surface area contributed by atoms with Crippen molar-refractivity contribution < 1.29 is 4.74 Å². The van der Waals surface area contributed by atoms with Crippen LogP contribution in [-0.2, 0) is 11.3 Å². The van der Waals surface area contributed by atoms with Gasteiger partial charge in [0.25, 0.3) is 5.56 Å². The molecule has 1 saturated heterocycles. The third kappa shape index (κ3) is 4.51. The lowest BCUT2D eigenvalue weighted by Crippen LogP contribution is -2.47. The average molecular weight is 339 g/mol. The van der Waals surface area contributed by atoms with E-state index in [4.69, 9.17) is 10.00 Å². The zero-order valence-corrected chi connectivity index (χ0v) is 14.8. The van der Waals surface area contributed by atoms with Gasteiger partial charge in [-0.05, 0) is 25.3 Å². The Bertz CT molecular complexity index is 753. The summed E-state index contributed by atoms with van der Waals surface area (Å²) >= 11 is 0. The van der Waals surface area contributed by atoms with E-state index in [0.29, 0.717) is 31.3 Å². The molecule has 25 heavy (non-hydrogen) atoms. The zero-order chi connectivity index (χ0) is 17.6. The van der Waals surface area contributed by atoms with E-state index < -0.39 is 0 Å². The number of pyridine rings is 1. The van der Waals surface area contributed by atoms with Gasteiger partial charge in [0.2, 0.25) is 0 Å². The van der Waals surface area contributed by atoms with Gasteiger partial charge in [-0.1, -0.05) is 17.9 Å². The van der Waals surface area contributed by atoms with Gasteiger partial charge in [0.05, 0.1) is 31.7 Å². The van der Waals surface area contributed by atoms with Crippen LogP contribution in [0, 0.1) is 29.1 Å². The number of fused-ring (bicyclic) bond motifs is 4. The predicted octanol–water partition coefficient (Wildman–Crippen LogP) is 1.98. The second-order valence-corrected chi connectivity index (χ2v) is 7.04. The summed E-state index contributed by atoms with van der Waals surface area (Å²) in [5.41, 5.74) is 1.31. The van der Waals surface area contributed by atoms with Crippen LogP contribution < -0.4 is 5.56 Å². The van der Waals surface area contributed by atoms with Crippen LogP contribution in [0.5, 0.6) is 0 Å². The molecule has 1 aromatic heterocycles. The second kappa shape index (κ2) is 8.34. The molecular formula is C20H25N3O2. The van der Waals surface area contributed by atoms with Gasteiger partial charge in [-0.2, -0.15) is 5.26 Å². The first-order valence-electron chi connectivity index (χ1n) is 9.03. The molecule has 0 spiro atoms. The second-order valence-electron chi connectivity index (χ2n) is 7.04. The minimum absolute atomic E-state index is 0.0698. The number of aromatic nitrogens is 1.